The highest BCUT2D eigenvalue weighted by Gasteiger charge is 2.18. The second-order valence-electron chi connectivity index (χ2n) is 6.20. The van der Waals surface area contributed by atoms with Gasteiger partial charge in [-0.1, -0.05) is 54.9 Å². The Hall–Kier alpha value is -2.85. The summed E-state index contributed by atoms with van der Waals surface area (Å²) in [4.78, 5) is 15.9. The van der Waals surface area contributed by atoms with E-state index in [0.717, 1.165) is 33.1 Å². The Morgan fingerprint density at radius 2 is 1.85 bits per heavy atom. The van der Waals surface area contributed by atoms with Crippen LogP contribution in [0.25, 0.3) is 21.8 Å². The van der Waals surface area contributed by atoms with E-state index < -0.39 is 5.97 Å². The number of para-hydroxylation sites is 1. The number of carboxylic acids is 1. The first-order valence-electron chi connectivity index (χ1n) is 8.47. The third kappa shape index (κ3) is 2.63. The van der Waals surface area contributed by atoms with Crippen molar-refractivity contribution in [2.24, 2.45) is 0 Å². The minimum Gasteiger partial charge on any atom is -0.477 e. The molecule has 4 nitrogen and oxygen atoms in total. The van der Waals surface area contributed by atoms with Gasteiger partial charge in [0.2, 0.25) is 0 Å². The molecule has 0 unspecified atom stereocenters. The summed E-state index contributed by atoms with van der Waals surface area (Å²) in [6, 6.07) is 17.5. The van der Waals surface area contributed by atoms with E-state index in [4.69, 9.17) is 11.6 Å². The largest absolute Gasteiger partial charge is 0.477 e. The second kappa shape index (κ2) is 6.46. The van der Waals surface area contributed by atoms with Gasteiger partial charge in [0.1, 0.15) is 5.69 Å². The van der Waals surface area contributed by atoms with Crippen LogP contribution >= 0.6 is 11.6 Å². The summed E-state index contributed by atoms with van der Waals surface area (Å²) in [6.45, 7) is 2.59. The first-order chi connectivity index (χ1) is 12.6. The lowest BCUT2D eigenvalue weighted by Gasteiger charge is -2.11. The number of nitrogens with zero attached hydrogens (tertiary/aromatic N) is 2. The number of carbonyl (C=O) groups is 1. The van der Waals surface area contributed by atoms with Crippen LogP contribution in [0, 0.1) is 0 Å². The van der Waals surface area contributed by atoms with Gasteiger partial charge in [0.05, 0.1) is 11.2 Å². The van der Waals surface area contributed by atoms with E-state index in [1.807, 2.05) is 55.5 Å². The van der Waals surface area contributed by atoms with Crippen molar-refractivity contribution >= 4 is 39.4 Å². The summed E-state index contributed by atoms with van der Waals surface area (Å²) in [6.07, 6.45) is 0.649. The zero-order valence-electron chi connectivity index (χ0n) is 14.2. The van der Waals surface area contributed by atoms with Crippen LogP contribution in [-0.2, 0) is 13.0 Å². The molecule has 130 valence electrons. The summed E-state index contributed by atoms with van der Waals surface area (Å²) >= 11 is 6.38. The van der Waals surface area contributed by atoms with Gasteiger partial charge in [0.25, 0.3) is 0 Å². The van der Waals surface area contributed by atoms with Crippen molar-refractivity contribution in [3.05, 3.63) is 76.6 Å². The van der Waals surface area contributed by atoms with Crippen LogP contribution in [-0.4, -0.2) is 20.6 Å². The quantitative estimate of drug-likeness (QED) is 0.544. The second-order valence-corrected chi connectivity index (χ2v) is 6.61. The fourth-order valence-electron chi connectivity index (χ4n) is 3.47. The van der Waals surface area contributed by atoms with Crippen LogP contribution < -0.4 is 0 Å². The number of aryl methyl sites for hydroxylation is 1. The topological polar surface area (TPSA) is 55.1 Å². The zero-order valence-corrected chi connectivity index (χ0v) is 15.0. The first-order valence-corrected chi connectivity index (χ1v) is 8.85. The highest BCUT2D eigenvalue weighted by Crippen LogP contribution is 2.33. The number of aromatic carboxylic acids is 1. The average molecular weight is 365 g/mol. The monoisotopic (exact) mass is 364 g/mol. The molecule has 0 spiro atoms. The molecule has 2 aromatic carbocycles. The van der Waals surface area contributed by atoms with Gasteiger partial charge in [-0.3, -0.25) is 0 Å². The molecule has 0 fully saturated rings. The van der Waals surface area contributed by atoms with Crippen molar-refractivity contribution < 1.29 is 9.90 Å². The Morgan fingerprint density at radius 3 is 2.58 bits per heavy atom. The molecule has 0 atom stereocenters. The van der Waals surface area contributed by atoms with Gasteiger partial charge in [-0.05, 0) is 30.2 Å². The van der Waals surface area contributed by atoms with Gasteiger partial charge in [0, 0.05) is 27.9 Å². The Kier molecular flexibility index (Phi) is 4.13. The molecule has 26 heavy (non-hydrogen) atoms. The van der Waals surface area contributed by atoms with E-state index in [9.17, 15) is 9.90 Å². The highest BCUT2D eigenvalue weighted by atomic mass is 35.5. The SMILES string of the molecule is CCc1nc(C(=O)O)cc2c3ccccc3n(Cc3ccccc3Cl)c12. The molecule has 4 aromatic rings. The van der Waals surface area contributed by atoms with E-state index in [0.29, 0.717) is 18.0 Å². The van der Waals surface area contributed by atoms with Crippen LogP contribution in [0.3, 0.4) is 0 Å². The molecule has 5 heteroatoms. The molecule has 0 saturated carbocycles. The summed E-state index contributed by atoms with van der Waals surface area (Å²) in [7, 11) is 0. The van der Waals surface area contributed by atoms with Gasteiger partial charge in [0.15, 0.2) is 0 Å². The predicted molar refractivity (Wildman–Crippen MR) is 104 cm³/mol. The van der Waals surface area contributed by atoms with E-state index >= 15 is 0 Å². The zero-order chi connectivity index (χ0) is 18.3. The van der Waals surface area contributed by atoms with Crippen LogP contribution in [0.4, 0.5) is 0 Å². The molecule has 0 saturated heterocycles. The Bertz CT molecular complexity index is 1150. The van der Waals surface area contributed by atoms with Crippen molar-refractivity contribution in [1.29, 1.82) is 0 Å². The highest BCUT2D eigenvalue weighted by molar-refractivity contribution is 6.31. The minimum atomic E-state index is -1.01. The van der Waals surface area contributed by atoms with Crippen LogP contribution in [0.5, 0.6) is 0 Å². The van der Waals surface area contributed by atoms with Crippen molar-refractivity contribution in [3.63, 3.8) is 0 Å². The third-order valence-corrected chi connectivity index (χ3v) is 5.03. The van der Waals surface area contributed by atoms with Crippen molar-refractivity contribution in [2.45, 2.75) is 19.9 Å². The third-order valence-electron chi connectivity index (χ3n) is 4.66. The molecule has 0 bridgehead atoms. The average Bonchev–Trinajstić information content (AvgIpc) is 2.97. The summed E-state index contributed by atoms with van der Waals surface area (Å²) in [5, 5.41) is 12.1. The van der Waals surface area contributed by atoms with Gasteiger partial charge in [-0.2, -0.15) is 0 Å². The Balaban J connectivity index is 2.07. The predicted octanol–water partition coefficient (Wildman–Crippen LogP) is 5.15. The maximum atomic E-state index is 11.5. The van der Waals surface area contributed by atoms with Gasteiger partial charge in [-0.25, -0.2) is 9.78 Å². The number of fused-ring (bicyclic) bond motifs is 3. The lowest BCUT2D eigenvalue weighted by Crippen LogP contribution is -2.06. The minimum absolute atomic E-state index is 0.0787. The number of pyridine rings is 1. The molecular formula is C21H17ClN2O2. The summed E-state index contributed by atoms with van der Waals surface area (Å²) < 4.78 is 2.18. The van der Waals surface area contributed by atoms with Crippen LogP contribution in [0.1, 0.15) is 28.7 Å². The fraction of sp³-hybridized carbons (Fsp3) is 0.143. The van der Waals surface area contributed by atoms with E-state index in [2.05, 4.69) is 9.55 Å². The number of rotatable bonds is 4. The number of hydrogen-bond donors (Lipinski definition) is 1. The lowest BCUT2D eigenvalue weighted by molar-refractivity contribution is 0.0690. The molecule has 1 N–H and O–H groups in total. The van der Waals surface area contributed by atoms with Crippen LogP contribution in [0.15, 0.2) is 54.6 Å². The van der Waals surface area contributed by atoms with Gasteiger partial charge < -0.3 is 9.67 Å². The molecule has 2 heterocycles. The number of carboxylic acid groups (broad SMARTS) is 1. The van der Waals surface area contributed by atoms with Crippen molar-refractivity contribution in [1.82, 2.24) is 9.55 Å². The van der Waals surface area contributed by atoms with E-state index in [-0.39, 0.29) is 5.69 Å². The summed E-state index contributed by atoms with van der Waals surface area (Å²) in [5.41, 5.74) is 3.89. The number of benzene rings is 2. The smallest absolute Gasteiger partial charge is 0.354 e. The van der Waals surface area contributed by atoms with Crippen molar-refractivity contribution in [3.8, 4) is 0 Å². The summed E-state index contributed by atoms with van der Waals surface area (Å²) in [5.74, 6) is -1.01. The first kappa shape index (κ1) is 16.6. The standard InChI is InChI=1S/C21H17ClN2O2/c1-2-17-20-15(11-18(23-17)21(25)26)14-8-4-6-10-19(14)24(20)12-13-7-3-5-9-16(13)22/h3-11H,2,12H2,1H3,(H,25,26). The molecule has 0 aliphatic rings. The van der Waals surface area contributed by atoms with E-state index in [1.165, 1.54) is 0 Å². The molecule has 2 aromatic heterocycles. The van der Waals surface area contributed by atoms with Crippen molar-refractivity contribution in [2.75, 3.05) is 0 Å². The molecule has 0 amide bonds. The molecule has 4 rings (SSSR count). The fourth-order valence-corrected chi connectivity index (χ4v) is 3.67. The van der Waals surface area contributed by atoms with E-state index in [1.54, 1.807) is 6.07 Å². The van der Waals surface area contributed by atoms with Gasteiger partial charge >= 0.3 is 5.97 Å². The van der Waals surface area contributed by atoms with Crippen LogP contribution in [0.2, 0.25) is 5.02 Å². The maximum Gasteiger partial charge on any atom is 0.354 e. The lowest BCUT2D eigenvalue weighted by atomic mass is 10.1. The molecule has 0 radical (unpaired) electrons. The molecular weight excluding hydrogens is 348 g/mol. The normalized spacial score (nSPS) is 11.3. The molecule has 0 aliphatic heterocycles. The van der Waals surface area contributed by atoms with Gasteiger partial charge in [-0.15, -0.1) is 0 Å². The Labute approximate surface area is 155 Å². The number of halogens is 1. The Morgan fingerprint density at radius 1 is 1.12 bits per heavy atom. The maximum absolute atomic E-state index is 11.5. The molecule has 0 aliphatic carbocycles. The number of hydrogen-bond acceptors (Lipinski definition) is 2. The number of aromatic nitrogens is 2.